The van der Waals surface area contributed by atoms with Crippen molar-refractivity contribution in [1.82, 2.24) is 16.1 Å². The molecule has 3 rings (SSSR count). The third-order valence-electron chi connectivity index (χ3n) is 5.21. The van der Waals surface area contributed by atoms with Crippen molar-refractivity contribution in [2.45, 2.75) is 42.7 Å². The summed E-state index contributed by atoms with van der Waals surface area (Å²) in [7, 11) is -3.20. The van der Waals surface area contributed by atoms with Gasteiger partial charge in [-0.05, 0) is 43.2 Å². The first kappa shape index (κ1) is 21.3. The fourth-order valence-electron chi connectivity index (χ4n) is 3.86. The van der Waals surface area contributed by atoms with E-state index in [1.807, 2.05) is 0 Å². The summed E-state index contributed by atoms with van der Waals surface area (Å²) in [5.74, 6) is -0.296. The third kappa shape index (κ3) is 4.31. The number of hydrazine groups is 2. The van der Waals surface area contributed by atoms with Gasteiger partial charge in [-0.25, -0.2) is 19.1 Å². The molecule has 1 aliphatic carbocycles. The molecule has 1 aliphatic heterocycles. The number of hydrazone groups is 1. The fourth-order valence-corrected chi connectivity index (χ4v) is 4.85. The minimum absolute atomic E-state index is 0.0636. The van der Waals surface area contributed by atoms with Crippen LogP contribution in [0.4, 0.5) is 13.2 Å². The number of hydrogen-bond donors (Lipinski definition) is 5. The summed E-state index contributed by atoms with van der Waals surface area (Å²) in [5, 5.41) is 18.0. The van der Waals surface area contributed by atoms with Gasteiger partial charge in [-0.3, -0.25) is 10.8 Å². The number of amidine groups is 2. The van der Waals surface area contributed by atoms with Gasteiger partial charge in [0.15, 0.2) is 5.84 Å². The Labute approximate surface area is 165 Å². The van der Waals surface area contributed by atoms with Gasteiger partial charge in [0.1, 0.15) is 4.90 Å². The molecule has 1 aromatic rings. The molecule has 29 heavy (non-hydrogen) atoms. The third-order valence-corrected chi connectivity index (χ3v) is 6.20. The van der Waals surface area contributed by atoms with Gasteiger partial charge in [-0.1, -0.05) is 6.07 Å². The molecule has 160 valence electrons. The maximum Gasteiger partial charge on any atom is 0.417 e. The summed E-state index contributed by atoms with van der Waals surface area (Å²) in [4.78, 5) is -1.00. The van der Waals surface area contributed by atoms with E-state index in [2.05, 4.69) is 16.1 Å². The highest BCUT2D eigenvalue weighted by molar-refractivity contribution is 7.89. The second-order valence-electron chi connectivity index (χ2n) is 7.18. The second kappa shape index (κ2) is 7.46. The van der Waals surface area contributed by atoms with Crippen LogP contribution < -0.4 is 21.8 Å². The Morgan fingerprint density at radius 1 is 1.28 bits per heavy atom. The summed E-state index contributed by atoms with van der Waals surface area (Å²) >= 11 is 0. The van der Waals surface area contributed by atoms with E-state index >= 15 is 0 Å². The topological polar surface area (TPSA) is 150 Å². The Balaban J connectivity index is 2.18. The average molecular weight is 433 g/mol. The Morgan fingerprint density at radius 3 is 2.34 bits per heavy atom. The summed E-state index contributed by atoms with van der Waals surface area (Å²) in [5.41, 5.74) is 9.65. The molecule has 0 radical (unpaired) electrons. The molecule has 0 unspecified atom stereocenters. The number of halogens is 3. The normalized spacial score (nSPS) is 23.3. The van der Waals surface area contributed by atoms with E-state index in [4.69, 9.17) is 16.3 Å². The first-order valence-electron chi connectivity index (χ1n) is 8.84. The number of nitrogens with one attached hydrogen (secondary N) is 3. The number of nitrogens with zero attached hydrogens (tertiary/aromatic N) is 2. The number of rotatable bonds is 4. The zero-order chi connectivity index (χ0) is 21.6. The van der Waals surface area contributed by atoms with Crippen molar-refractivity contribution < 1.29 is 21.6 Å². The van der Waals surface area contributed by atoms with Crippen molar-refractivity contribution in [2.75, 3.05) is 7.05 Å². The molecule has 0 spiro atoms. The molecule has 0 amide bonds. The molecule has 7 N–H and O–H groups in total. The summed E-state index contributed by atoms with van der Waals surface area (Å²) in [6.45, 7) is 0. The Bertz CT molecular complexity index is 954. The van der Waals surface area contributed by atoms with Crippen LogP contribution in [0.25, 0.3) is 0 Å². The predicted molar refractivity (Wildman–Crippen MR) is 100 cm³/mol. The lowest BCUT2D eigenvalue weighted by atomic mass is 9.76. The van der Waals surface area contributed by atoms with E-state index in [1.165, 1.54) is 18.2 Å². The first-order chi connectivity index (χ1) is 13.4. The van der Waals surface area contributed by atoms with E-state index in [0.29, 0.717) is 31.2 Å². The Hall–Kier alpha value is -2.38. The maximum atomic E-state index is 13.6. The van der Waals surface area contributed by atoms with Crippen molar-refractivity contribution in [3.05, 3.63) is 28.8 Å². The van der Waals surface area contributed by atoms with Crippen LogP contribution in [-0.4, -0.2) is 32.3 Å². The number of primary sulfonamides is 1. The maximum absolute atomic E-state index is 13.6. The number of sulfonamides is 1. The molecular weight excluding hydrogens is 411 g/mol. The van der Waals surface area contributed by atoms with Crippen LogP contribution in [0, 0.1) is 11.3 Å². The number of benzene rings is 1. The largest absolute Gasteiger partial charge is 0.417 e. The highest BCUT2D eigenvalue weighted by Gasteiger charge is 2.41. The average Bonchev–Trinajstić information content (AvgIpc) is 3.05. The van der Waals surface area contributed by atoms with Gasteiger partial charge in [-0.15, -0.1) is 10.2 Å². The van der Waals surface area contributed by atoms with Crippen LogP contribution in [0.2, 0.25) is 0 Å². The molecule has 2 aliphatic rings. The van der Waals surface area contributed by atoms with Crippen LogP contribution in [-0.2, 0) is 16.2 Å². The lowest BCUT2D eigenvalue weighted by Gasteiger charge is -2.30. The highest BCUT2D eigenvalue weighted by atomic mass is 32.2. The number of nitrogens with two attached hydrogens (primary N) is 2. The smallest absolute Gasteiger partial charge is 0.387 e. The van der Waals surface area contributed by atoms with E-state index < -0.39 is 26.7 Å². The molecule has 0 bridgehead atoms. The summed E-state index contributed by atoms with van der Waals surface area (Å²) in [6, 6.07) is 2.04. The zero-order valence-corrected chi connectivity index (χ0v) is 16.4. The minimum Gasteiger partial charge on any atom is -0.387 e. The molecular formula is C16H22F3N7O2S. The first-order valence-corrected chi connectivity index (χ1v) is 10.4. The van der Waals surface area contributed by atoms with E-state index in [1.54, 1.807) is 0 Å². The Morgan fingerprint density at radius 2 is 1.90 bits per heavy atom. The predicted octanol–water partition coefficient (Wildman–Crippen LogP) is 1.18. The Kier molecular flexibility index (Phi) is 5.49. The van der Waals surface area contributed by atoms with E-state index in [-0.39, 0.29) is 29.1 Å². The molecule has 13 heteroatoms. The van der Waals surface area contributed by atoms with Crippen LogP contribution in [0.15, 0.2) is 22.1 Å². The fraction of sp³-hybridized carbons (Fsp3) is 0.500. The molecule has 1 heterocycles. The minimum atomic E-state index is -4.92. The molecule has 0 atom stereocenters. The SMILES string of the molecule is CN1NN=C(c2c(C3CCC(C(=N)N)CC3)ccc(C(F)(F)F)c2S(N)(=O)=O)N1. The molecule has 0 aromatic heterocycles. The summed E-state index contributed by atoms with van der Waals surface area (Å²) < 4.78 is 65.3. The number of alkyl halides is 3. The van der Waals surface area contributed by atoms with Crippen LogP contribution >= 0.6 is 0 Å². The van der Waals surface area contributed by atoms with Crippen LogP contribution in [0.3, 0.4) is 0 Å². The van der Waals surface area contributed by atoms with Crippen molar-refractivity contribution in [3.63, 3.8) is 0 Å². The second-order valence-corrected chi connectivity index (χ2v) is 8.68. The quantitative estimate of drug-likeness (QED) is 0.355. The van der Waals surface area contributed by atoms with Gasteiger partial charge < -0.3 is 5.73 Å². The molecule has 1 saturated carbocycles. The molecule has 9 nitrogen and oxygen atoms in total. The van der Waals surface area contributed by atoms with E-state index in [9.17, 15) is 21.6 Å². The molecule has 0 saturated heterocycles. The van der Waals surface area contributed by atoms with Gasteiger partial charge in [0.25, 0.3) is 0 Å². The summed E-state index contributed by atoms with van der Waals surface area (Å²) in [6.07, 6.45) is -2.65. The molecule has 1 aromatic carbocycles. The van der Waals surface area contributed by atoms with Crippen molar-refractivity contribution in [1.29, 1.82) is 5.41 Å². The van der Waals surface area contributed by atoms with Crippen LogP contribution in [0.5, 0.6) is 0 Å². The van der Waals surface area contributed by atoms with Crippen LogP contribution in [0.1, 0.15) is 48.3 Å². The monoisotopic (exact) mass is 433 g/mol. The van der Waals surface area contributed by atoms with E-state index in [0.717, 1.165) is 6.07 Å². The van der Waals surface area contributed by atoms with Gasteiger partial charge in [-0.2, -0.15) is 13.2 Å². The number of hydrogen-bond acceptors (Lipinski definition) is 7. The zero-order valence-electron chi connectivity index (χ0n) is 15.5. The van der Waals surface area contributed by atoms with Gasteiger partial charge >= 0.3 is 6.18 Å². The van der Waals surface area contributed by atoms with Crippen molar-refractivity contribution in [2.24, 2.45) is 21.9 Å². The van der Waals surface area contributed by atoms with Gasteiger partial charge in [0.05, 0.1) is 11.4 Å². The lowest BCUT2D eigenvalue weighted by molar-refractivity contribution is -0.139. The highest BCUT2D eigenvalue weighted by Crippen LogP contribution is 2.42. The van der Waals surface area contributed by atoms with Gasteiger partial charge in [0.2, 0.25) is 10.0 Å². The molecule has 1 fully saturated rings. The van der Waals surface area contributed by atoms with Gasteiger partial charge in [0, 0.05) is 18.5 Å². The van der Waals surface area contributed by atoms with Crippen molar-refractivity contribution in [3.8, 4) is 0 Å². The lowest BCUT2D eigenvalue weighted by Crippen LogP contribution is -2.39. The van der Waals surface area contributed by atoms with Crippen molar-refractivity contribution >= 4 is 21.7 Å². The standard InChI is InChI=1S/C16H22F3N7O2S/c1-26-24-15(23-25-26)12-10(8-2-4-9(5-3-8)14(20)21)6-7-11(16(17,18)19)13(12)29(22,27)28/h6-9,25H,2-5H2,1H3,(H3,20,21)(H,23,24)(H2,22,27,28).